The smallest absolute Gasteiger partial charge is 0.252 e. The predicted molar refractivity (Wildman–Crippen MR) is 106 cm³/mol. The zero-order valence-corrected chi connectivity index (χ0v) is 16.2. The van der Waals surface area contributed by atoms with Crippen LogP contribution in [0.15, 0.2) is 76.4 Å². The van der Waals surface area contributed by atoms with Gasteiger partial charge in [-0.15, -0.1) is 0 Å². The Bertz CT molecular complexity index is 986. The van der Waals surface area contributed by atoms with Crippen molar-refractivity contribution in [2.24, 2.45) is 0 Å². The maximum atomic E-state index is 12.7. The molecule has 1 aliphatic heterocycles. The van der Waals surface area contributed by atoms with Crippen LogP contribution in [-0.2, 0) is 18.6 Å². The molecule has 26 heavy (non-hydrogen) atoms. The lowest BCUT2D eigenvalue weighted by Crippen LogP contribution is -2.54. The molecule has 0 bridgehead atoms. The molecular weight excluding hydrogens is 390 g/mol. The first-order valence-corrected chi connectivity index (χ1v) is 9.50. The molecule has 0 spiro atoms. The van der Waals surface area contributed by atoms with Crippen molar-refractivity contribution in [2.45, 2.75) is 25.6 Å². The van der Waals surface area contributed by atoms with E-state index in [9.17, 15) is 4.79 Å². The molecule has 1 atom stereocenters. The molecule has 0 amide bonds. The van der Waals surface area contributed by atoms with Crippen molar-refractivity contribution in [3.63, 3.8) is 0 Å². The van der Waals surface area contributed by atoms with Crippen LogP contribution in [0.5, 0.6) is 0 Å². The number of hydrogen-bond donors (Lipinski definition) is 0. The summed E-state index contributed by atoms with van der Waals surface area (Å²) in [6, 6.07) is 15.6. The first-order chi connectivity index (χ1) is 12.6. The van der Waals surface area contributed by atoms with Gasteiger partial charge in [0.05, 0.1) is 0 Å². The van der Waals surface area contributed by atoms with E-state index in [0.29, 0.717) is 0 Å². The second-order valence-corrected chi connectivity index (χ2v) is 7.58. The molecule has 0 saturated carbocycles. The van der Waals surface area contributed by atoms with Crippen molar-refractivity contribution in [2.75, 3.05) is 6.54 Å². The third kappa shape index (κ3) is 2.81. The fraction of sp³-hybridized carbons (Fsp3) is 0.238. The van der Waals surface area contributed by atoms with Crippen LogP contribution in [0.4, 0.5) is 0 Å². The Balaban J connectivity index is 1.85. The molecule has 1 aromatic carbocycles. The number of nitrogens with zero attached hydrogens (tertiary/aromatic N) is 3. The van der Waals surface area contributed by atoms with Crippen molar-refractivity contribution >= 4 is 15.9 Å². The number of halogens is 1. The highest BCUT2D eigenvalue weighted by molar-refractivity contribution is 9.10. The Morgan fingerprint density at radius 1 is 1.08 bits per heavy atom. The quantitative estimate of drug-likeness (QED) is 0.660. The first-order valence-electron chi connectivity index (χ1n) is 8.70. The van der Waals surface area contributed by atoms with Gasteiger partial charge in [0, 0.05) is 42.2 Å². The van der Waals surface area contributed by atoms with Gasteiger partial charge in [0.15, 0.2) is 0 Å². The number of pyridine rings is 2. The molecule has 0 N–H and O–H groups in total. The van der Waals surface area contributed by atoms with Gasteiger partial charge in [-0.25, -0.2) is 0 Å². The van der Waals surface area contributed by atoms with Gasteiger partial charge in [-0.1, -0.05) is 36.4 Å². The van der Waals surface area contributed by atoms with Gasteiger partial charge < -0.3 is 0 Å². The van der Waals surface area contributed by atoms with Gasteiger partial charge in [0.25, 0.3) is 5.56 Å². The third-order valence-electron chi connectivity index (χ3n) is 5.32. The maximum Gasteiger partial charge on any atom is 0.252 e. The Labute approximate surface area is 161 Å². The molecular formula is C21H20BrN3O. The molecule has 1 aliphatic rings. The van der Waals surface area contributed by atoms with E-state index in [0.717, 1.165) is 29.5 Å². The lowest BCUT2D eigenvalue weighted by molar-refractivity contribution is 0.0552. The average molecular weight is 410 g/mol. The van der Waals surface area contributed by atoms with E-state index in [1.54, 1.807) is 12.1 Å². The van der Waals surface area contributed by atoms with Gasteiger partial charge in [-0.2, -0.15) is 0 Å². The van der Waals surface area contributed by atoms with Crippen molar-refractivity contribution in [3.05, 3.63) is 98.6 Å². The monoisotopic (exact) mass is 409 g/mol. The zero-order chi connectivity index (χ0) is 18.1. The average Bonchev–Trinajstić information content (AvgIpc) is 2.68. The van der Waals surface area contributed by atoms with Crippen LogP contribution in [0.2, 0.25) is 0 Å². The fourth-order valence-corrected chi connectivity index (χ4v) is 4.41. The lowest BCUT2D eigenvalue weighted by Gasteiger charge is -2.45. The summed E-state index contributed by atoms with van der Waals surface area (Å²) in [5.74, 6) is 0. The Morgan fingerprint density at radius 2 is 1.85 bits per heavy atom. The molecule has 3 aromatic rings. The van der Waals surface area contributed by atoms with Gasteiger partial charge in [0.1, 0.15) is 5.66 Å². The van der Waals surface area contributed by atoms with Crippen LogP contribution < -0.4 is 5.56 Å². The molecule has 3 heterocycles. The van der Waals surface area contributed by atoms with Crippen LogP contribution in [0.25, 0.3) is 0 Å². The van der Waals surface area contributed by atoms with E-state index in [1.807, 2.05) is 47.4 Å². The van der Waals surface area contributed by atoms with E-state index in [-0.39, 0.29) is 5.56 Å². The summed E-state index contributed by atoms with van der Waals surface area (Å²) in [5, 5.41) is 0. The number of benzene rings is 1. The predicted octanol–water partition coefficient (Wildman–Crippen LogP) is 3.79. The van der Waals surface area contributed by atoms with Gasteiger partial charge in [-0.05, 0) is 52.0 Å². The number of fused-ring (bicyclic) bond motifs is 1. The Morgan fingerprint density at radius 3 is 2.62 bits per heavy atom. The lowest BCUT2D eigenvalue weighted by atomic mass is 9.93. The van der Waals surface area contributed by atoms with E-state index in [1.165, 1.54) is 11.1 Å². The molecule has 2 aromatic heterocycles. The highest BCUT2D eigenvalue weighted by Gasteiger charge is 2.38. The van der Waals surface area contributed by atoms with Crippen molar-refractivity contribution in [3.8, 4) is 0 Å². The van der Waals surface area contributed by atoms with Crippen LogP contribution in [-0.4, -0.2) is 21.0 Å². The van der Waals surface area contributed by atoms with Gasteiger partial charge in [0.2, 0.25) is 0 Å². The minimum atomic E-state index is -0.570. The minimum Gasteiger partial charge on any atom is -0.293 e. The van der Waals surface area contributed by atoms with Crippen molar-refractivity contribution in [1.82, 2.24) is 14.5 Å². The number of aromatic nitrogens is 2. The second kappa shape index (κ2) is 6.82. The first kappa shape index (κ1) is 17.2. The Hall–Kier alpha value is -2.24. The molecule has 5 heteroatoms. The maximum absolute atomic E-state index is 12.7. The second-order valence-electron chi connectivity index (χ2n) is 6.73. The van der Waals surface area contributed by atoms with Crippen molar-refractivity contribution < 1.29 is 0 Å². The molecule has 4 nitrogen and oxygen atoms in total. The summed E-state index contributed by atoms with van der Waals surface area (Å²) in [7, 11) is 0. The Kier molecular flexibility index (Phi) is 4.51. The summed E-state index contributed by atoms with van der Waals surface area (Å²) < 4.78 is 2.89. The standard InChI is InChI=1S/C21H20BrN3O/c1-21(17-7-3-2-4-8-17,25-11-6-5-9-20(25)26)24-12-10-18-16(15-24)13-23-14-19(18)22/h2-9,11,13-14H,10,12,15H2,1H3. The molecule has 4 rings (SSSR count). The summed E-state index contributed by atoms with van der Waals surface area (Å²) in [5.41, 5.74) is 3.04. The van der Waals surface area contributed by atoms with Crippen LogP contribution >= 0.6 is 15.9 Å². The molecule has 1 unspecified atom stereocenters. The SMILES string of the molecule is CC(c1ccccc1)(N1CCc2c(Br)cncc2C1)n1ccccc1=O. The highest BCUT2D eigenvalue weighted by Crippen LogP contribution is 2.35. The minimum absolute atomic E-state index is 0.00276. The molecule has 0 aliphatic carbocycles. The van der Waals surface area contributed by atoms with Crippen LogP contribution in [0.1, 0.15) is 23.6 Å². The molecule has 0 radical (unpaired) electrons. The van der Waals surface area contributed by atoms with Crippen molar-refractivity contribution in [1.29, 1.82) is 0 Å². The summed E-state index contributed by atoms with van der Waals surface area (Å²) in [6.45, 7) is 3.73. The van der Waals surface area contributed by atoms with Gasteiger partial charge in [-0.3, -0.25) is 19.2 Å². The largest absolute Gasteiger partial charge is 0.293 e. The summed E-state index contributed by atoms with van der Waals surface area (Å²) in [6.07, 6.45) is 6.59. The van der Waals surface area contributed by atoms with E-state index >= 15 is 0 Å². The zero-order valence-electron chi connectivity index (χ0n) is 14.6. The molecule has 132 valence electrons. The summed E-state index contributed by atoms with van der Waals surface area (Å²) >= 11 is 3.62. The van der Waals surface area contributed by atoms with E-state index in [4.69, 9.17) is 0 Å². The van der Waals surface area contributed by atoms with E-state index in [2.05, 4.69) is 44.9 Å². The molecule has 0 fully saturated rings. The third-order valence-corrected chi connectivity index (χ3v) is 6.00. The van der Waals surface area contributed by atoms with Crippen LogP contribution in [0.3, 0.4) is 0 Å². The highest BCUT2D eigenvalue weighted by atomic mass is 79.9. The molecule has 0 saturated heterocycles. The number of hydrogen-bond acceptors (Lipinski definition) is 3. The normalized spacial score (nSPS) is 16.7. The summed E-state index contributed by atoms with van der Waals surface area (Å²) in [4.78, 5) is 19.4. The topological polar surface area (TPSA) is 38.1 Å². The fourth-order valence-electron chi connectivity index (χ4n) is 3.84. The number of rotatable bonds is 3. The van der Waals surface area contributed by atoms with Gasteiger partial charge >= 0.3 is 0 Å². The van der Waals surface area contributed by atoms with Crippen LogP contribution in [0, 0.1) is 0 Å². The van der Waals surface area contributed by atoms with E-state index < -0.39 is 5.66 Å².